The van der Waals surface area contributed by atoms with Gasteiger partial charge in [-0.1, -0.05) is 17.3 Å². The van der Waals surface area contributed by atoms with Crippen molar-refractivity contribution < 1.29 is 10.1 Å². The Kier molecular flexibility index (Phi) is 2.37. The Bertz CT molecular complexity index is 440. The van der Waals surface area contributed by atoms with Gasteiger partial charge in [-0.05, 0) is 19.3 Å². The number of benzene rings is 1. The van der Waals surface area contributed by atoms with Crippen LogP contribution in [0, 0.1) is 10.1 Å². The van der Waals surface area contributed by atoms with E-state index in [1.807, 2.05) is 0 Å². The molecule has 0 bridgehead atoms. The maximum atomic E-state index is 10.8. The summed E-state index contributed by atoms with van der Waals surface area (Å²) in [6.45, 7) is 0. The third-order valence-corrected chi connectivity index (χ3v) is 2.62. The quantitative estimate of drug-likeness (QED) is 0.434. The van der Waals surface area contributed by atoms with Crippen LogP contribution in [0.5, 0.6) is 0 Å². The van der Waals surface area contributed by atoms with Crippen LogP contribution in [-0.4, -0.2) is 15.8 Å². The number of nitro benzene ring substituents is 1. The molecule has 0 unspecified atom stereocenters. The van der Waals surface area contributed by atoms with E-state index in [4.69, 9.17) is 5.21 Å². The van der Waals surface area contributed by atoms with Gasteiger partial charge in [0, 0.05) is 17.2 Å². The van der Waals surface area contributed by atoms with Crippen molar-refractivity contribution in [1.82, 2.24) is 0 Å². The summed E-state index contributed by atoms with van der Waals surface area (Å²) in [7, 11) is 0. The van der Waals surface area contributed by atoms with Gasteiger partial charge in [0.2, 0.25) is 0 Å². The summed E-state index contributed by atoms with van der Waals surface area (Å²) in [5.41, 5.74) is 2.05. The lowest BCUT2D eigenvalue weighted by molar-refractivity contribution is -0.385. The number of hydrogen-bond acceptors (Lipinski definition) is 4. The molecular formula is C10H10N2O3. The summed E-state index contributed by atoms with van der Waals surface area (Å²) < 4.78 is 0. The van der Waals surface area contributed by atoms with E-state index < -0.39 is 0 Å². The Hall–Kier alpha value is -1.91. The molecule has 0 heterocycles. The number of rotatable bonds is 1. The second-order valence-corrected chi connectivity index (χ2v) is 3.46. The van der Waals surface area contributed by atoms with E-state index in [1.54, 1.807) is 12.1 Å². The summed E-state index contributed by atoms with van der Waals surface area (Å²) >= 11 is 0. The molecule has 78 valence electrons. The van der Waals surface area contributed by atoms with Gasteiger partial charge in [0.05, 0.1) is 10.6 Å². The molecule has 1 aliphatic rings. The molecule has 15 heavy (non-hydrogen) atoms. The second-order valence-electron chi connectivity index (χ2n) is 3.46. The minimum Gasteiger partial charge on any atom is -0.411 e. The topological polar surface area (TPSA) is 75.7 Å². The predicted molar refractivity (Wildman–Crippen MR) is 54.4 cm³/mol. The first-order chi connectivity index (χ1) is 7.24. The van der Waals surface area contributed by atoms with Gasteiger partial charge in [0.15, 0.2) is 0 Å². The van der Waals surface area contributed by atoms with Crippen LogP contribution in [0.2, 0.25) is 0 Å². The molecule has 5 heteroatoms. The summed E-state index contributed by atoms with van der Waals surface area (Å²) in [6, 6.07) is 4.86. The molecule has 1 aromatic rings. The first kappa shape index (κ1) is 9.64. The van der Waals surface area contributed by atoms with Crippen molar-refractivity contribution in [3.63, 3.8) is 0 Å². The fourth-order valence-corrected chi connectivity index (χ4v) is 1.95. The third kappa shape index (κ3) is 1.56. The summed E-state index contributed by atoms with van der Waals surface area (Å²) in [5.74, 6) is 0. The van der Waals surface area contributed by atoms with E-state index in [1.165, 1.54) is 6.07 Å². The van der Waals surface area contributed by atoms with Gasteiger partial charge < -0.3 is 5.21 Å². The molecule has 0 spiro atoms. The summed E-state index contributed by atoms with van der Waals surface area (Å²) in [4.78, 5) is 10.4. The zero-order chi connectivity index (χ0) is 10.8. The zero-order valence-electron chi connectivity index (χ0n) is 8.01. The van der Waals surface area contributed by atoms with Gasteiger partial charge in [0.1, 0.15) is 0 Å². The largest absolute Gasteiger partial charge is 0.411 e. The number of oxime groups is 1. The molecule has 0 aliphatic heterocycles. The normalized spacial score (nSPS) is 17.5. The lowest BCUT2D eigenvalue weighted by atomic mass is 9.89. The molecule has 5 nitrogen and oxygen atoms in total. The number of fused-ring (bicyclic) bond motifs is 1. The van der Waals surface area contributed by atoms with Crippen molar-refractivity contribution in [2.75, 3.05) is 0 Å². The Labute approximate surface area is 86.2 Å². The van der Waals surface area contributed by atoms with Crippen LogP contribution < -0.4 is 0 Å². The molecule has 0 saturated carbocycles. The van der Waals surface area contributed by atoms with Crippen molar-refractivity contribution >= 4 is 11.4 Å². The van der Waals surface area contributed by atoms with E-state index in [9.17, 15) is 10.1 Å². The van der Waals surface area contributed by atoms with Crippen molar-refractivity contribution in [2.24, 2.45) is 5.16 Å². The average Bonchev–Trinajstić information content (AvgIpc) is 2.27. The molecule has 0 atom stereocenters. The summed E-state index contributed by atoms with van der Waals surface area (Å²) in [5, 5.41) is 22.7. The minimum atomic E-state index is -0.390. The van der Waals surface area contributed by atoms with E-state index in [0.29, 0.717) is 29.7 Å². The second kappa shape index (κ2) is 3.68. The molecule has 0 radical (unpaired) electrons. The third-order valence-electron chi connectivity index (χ3n) is 2.62. The molecule has 0 fully saturated rings. The monoisotopic (exact) mass is 206 g/mol. The lowest BCUT2D eigenvalue weighted by Crippen LogP contribution is -2.13. The number of nitro groups is 1. The molecule has 2 rings (SSSR count). The highest BCUT2D eigenvalue weighted by Crippen LogP contribution is 2.29. The van der Waals surface area contributed by atoms with Crippen molar-refractivity contribution in [2.45, 2.75) is 19.3 Å². The Morgan fingerprint density at radius 1 is 1.40 bits per heavy atom. The maximum absolute atomic E-state index is 10.8. The van der Waals surface area contributed by atoms with E-state index in [2.05, 4.69) is 5.16 Å². The molecule has 1 aliphatic carbocycles. The maximum Gasteiger partial charge on any atom is 0.273 e. The summed E-state index contributed by atoms with van der Waals surface area (Å²) in [6.07, 6.45) is 2.13. The Morgan fingerprint density at radius 3 is 2.87 bits per heavy atom. The van der Waals surface area contributed by atoms with E-state index in [0.717, 1.165) is 6.42 Å². The number of nitrogens with zero attached hydrogens (tertiary/aromatic N) is 2. The lowest BCUT2D eigenvalue weighted by Gasteiger charge is -2.15. The fraction of sp³-hybridized carbons (Fsp3) is 0.300. The van der Waals surface area contributed by atoms with Crippen LogP contribution in [0.1, 0.15) is 24.0 Å². The van der Waals surface area contributed by atoms with Gasteiger partial charge in [-0.25, -0.2) is 0 Å². The minimum absolute atomic E-state index is 0.119. The molecule has 0 amide bonds. The van der Waals surface area contributed by atoms with Gasteiger partial charge in [-0.15, -0.1) is 0 Å². The van der Waals surface area contributed by atoms with Gasteiger partial charge in [-0.3, -0.25) is 10.1 Å². The zero-order valence-corrected chi connectivity index (χ0v) is 8.01. The van der Waals surface area contributed by atoms with Gasteiger partial charge in [0.25, 0.3) is 5.69 Å². The molecule has 0 saturated heterocycles. The molecule has 1 N–H and O–H groups in total. The standard InChI is InChI=1S/C10H10N2O3/c13-11-9-5-1-4-8-7(9)3-2-6-10(8)12(14)15/h2-3,6,13H,1,4-5H2/b11-9+. The highest BCUT2D eigenvalue weighted by Gasteiger charge is 2.23. The number of hydrogen-bond donors (Lipinski definition) is 1. The van der Waals surface area contributed by atoms with Crippen LogP contribution in [0.4, 0.5) is 5.69 Å². The van der Waals surface area contributed by atoms with Gasteiger partial charge in [-0.2, -0.15) is 0 Å². The predicted octanol–water partition coefficient (Wildman–Crippen LogP) is 2.11. The first-order valence-electron chi connectivity index (χ1n) is 4.71. The van der Waals surface area contributed by atoms with Crippen LogP contribution in [0.25, 0.3) is 0 Å². The highest BCUT2D eigenvalue weighted by molar-refractivity contribution is 6.03. The van der Waals surface area contributed by atoms with E-state index in [-0.39, 0.29) is 10.6 Å². The van der Waals surface area contributed by atoms with Crippen LogP contribution in [-0.2, 0) is 6.42 Å². The molecule has 1 aromatic carbocycles. The van der Waals surface area contributed by atoms with Gasteiger partial charge >= 0.3 is 0 Å². The van der Waals surface area contributed by atoms with Crippen LogP contribution >= 0.6 is 0 Å². The highest BCUT2D eigenvalue weighted by atomic mass is 16.6. The average molecular weight is 206 g/mol. The van der Waals surface area contributed by atoms with E-state index >= 15 is 0 Å². The molecule has 0 aromatic heterocycles. The van der Waals surface area contributed by atoms with Crippen molar-refractivity contribution in [3.8, 4) is 0 Å². The van der Waals surface area contributed by atoms with Crippen molar-refractivity contribution in [3.05, 3.63) is 39.4 Å². The Morgan fingerprint density at radius 2 is 2.20 bits per heavy atom. The molecular weight excluding hydrogens is 196 g/mol. The van der Waals surface area contributed by atoms with Crippen molar-refractivity contribution in [1.29, 1.82) is 0 Å². The fourth-order valence-electron chi connectivity index (χ4n) is 1.95. The Balaban J connectivity index is 2.61. The smallest absolute Gasteiger partial charge is 0.273 e. The van der Waals surface area contributed by atoms with Crippen LogP contribution in [0.15, 0.2) is 23.4 Å². The first-order valence-corrected chi connectivity index (χ1v) is 4.71. The van der Waals surface area contributed by atoms with Crippen LogP contribution in [0.3, 0.4) is 0 Å². The SMILES string of the molecule is O=[N+]([O-])c1cccc2c1CCC/C2=N\O.